The summed E-state index contributed by atoms with van der Waals surface area (Å²) in [5.41, 5.74) is 0.803. The van der Waals surface area contributed by atoms with E-state index in [1.165, 1.54) is 11.0 Å². The molecule has 0 saturated carbocycles. The van der Waals surface area contributed by atoms with E-state index in [1.807, 2.05) is 26.0 Å². The van der Waals surface area contributed by atoms with Gasteiger partial charge in [0, 0.05) is 25.7 Å². The molecule has 3 amide bonds. The van der Waals surface area contributed by atoms with E-state index in [1.54, 1.807) is 25.1 Å². The van der Waals surface area contributed by atoms with Crippen LogP contribution in [0.4, 0.5) is 14.5 Å². The lowest BCUT2D eigenvalue weighted by atomic mass is 9.69. The molecule has 1 fully saturated rings. The predicted molar refractivity (Wildman–Crippen MR) is 122 cm³/mol. The number of nitrogens with zero attached hydrogens (tertiary/aromatic N) is 3. The largest absolute Gasteiger partial charge is 0.415 e. The molecule has 1 aliphatic rings. The van der Waals surface area contributed by atoms with Gasteiger partial charge < -0.3 is 15.0 Å². The van der Waals surface area contributed by atoms with Crippen molar-refractivity contribution in [1.29, 1.82) is 0 Å². The molecule has 2 heterocycles. The lowest BCUT2D eigenvalue weighted by Crippen LogP contribution is -2.67. The lowest BCUT2D eigenvalue weighted by molar-refractivity contribution is -0.172. The summed E-state index contributed by atoms with van der Waals surface area (Å²) in [5, 5.41) is 12.6. The maximum absolute atomic E-state index is 13.7. The predicted octanol–water partition coefficient (Wildman–Crippen LogP) is 3.07. The molecule has 1 aliphatic heterocycles. The molecule has 11 heteroatoms. The Bertz CT molecular complexity index is 1120. The van der Waals surface area contributed by atoms with Gasteiger partial charge in [-0.15, -0.1) is 0 Å². The van der Waals surface area contributed by atoms with Crippen LogP contribution in [-0.4, -0.2) is 64.1 Å². The third-order valence-electron chi connectivity index (χ3n) is 5.90. The number of rotatable bonds is 8. The number of hydroxylamine groups is 2. The third-order valence-corrected chi connectivity index (χ3v) is 5.90. The summed E-state index contributed by atoms with van der Waals surface area (Å²) in [6, 6.07) is 10.3. The monoisotopic (exact) mass is 490 g/mol. The molecule has 0 unspecified atom stereocenters. The number of aryl methyl sites for hydroxylation is 1. The van der Waals surface area contributed by atoms with Gasteiger partial charge in [0.1, 0.15) is 17.6 Å². The van der Waals surface area contributed by atoms with Gasteiger partial charge in [-0.1, -0.05) is 38.1 Å². The fourth-order valence-corrected chi connectivity index (χ4v) is 4.04. The second-order valence-electron chi connectivity index (χ2n) is 8.79. The van der Waals surface area contributed by atoms with Crippen LogP contribution >= 0.6 is 0 Å². The quantitative estimate of drug-likeness (QED) is 0.435. The molecule has 3 rings (SSSR count). The highest BCUT2D eigenvalue weighted by atomic mass is 19.3. The minimum Gasteiger partial charge on any atom is -0.415 e. The van der Waals surface area contributed by atoms with Crippen LogP contribution in [0.3, 0.4) is 0 Å². The summed E-state index contributed by atoms with van der Waals surface area (Å²) in [4.78, 5) is 42.9. The van der Waals surface area contributed by atoms with Crippen LogP contribution in [0, 0.1) is 6.92 Å². The van der Waals surface area contributed by atoms with E-state index in [4.69, 9.17) is 0 Å². The highest BCUT2D eigenvalue weighted by Gasteiger charge is 2.53. The Morgan fingerprint density at radius 2 is 1.86 bits per heavy atom. The van der Waals surface area contributed by atoms with Gasteiger partial charge in [-0.2, -0.15) is 8.78 Å². The first kappa shape index (κ1) is 26.0. The normalized spacial score (nSPS) is 14.5. The number of aromatic nitrogens is 1. The van der Waals surface area contributed by atoms with E-state index in [2.05, 4.69) is 15.0 Å². The number of likely N-dealkylation sites (tertiary alicyclic amines) is 1. The molecule has 35 heavy (non-hydrogen) atoms. The van der Waals surface area contributed by atoms with Gasteiger partial charge in [-0.3, -0.25) is 19.6 Å². The van der Waals surface area contributed by atoms with Crippen LogP contribution in [0.2, 0.25) is 0 Å². The zero-order valence-electron chi connectivity index (χ0n) is 19.9. The topological polar surface area (TPSA) is 112 Å². The molecule has 1 aromatic heterocycles. The summed E-state index contributed by atoms with van der Waals surface area (Å²) in [6.07, 6.45) is 0. The highest BCUT2D eigenvalue weighted by molar-refractivity contribution is 6.03. The molecule has 0 spiro atoms. The van der Waals surface area contributed by atoms with Crippen LogP contribution < -0.4 is 10.1 Å². The molecule has 0 bridgehead atoms. The number of carbonyl (C=O) groups is 3. The fourth-order valence-electron chi connectivity index (χ4n) is 4.04. The van der Waals surface area contributed by atoms with Gasteiger partial charge in [-0.25, -0.2) is 10.0 Å². The van der Waals surface area contributed by atoms with Crippen molar-refractivity contribution in [3.63, 3.8) is 0 Å². The summed E-state index contributed by atoms with van der Waals surface area (Å²) in [5.74, 6) is -2.10. The van der Waals surface area contributed by atoms with E-state index in [-0.39, 0.29) is 24.7 Å². The van der Waals surface area contributed by atoms with Gasteiger partial charge in [-0.05, 0) is 36.1 Å². The first-order valence-corrected chi connectivity index (χ1v) is 11.0. The number of nitrogens with one attached hydrogen (secondary N) is 1. The smallest absolute Gasteiger partial charge is 0.388 e. The number of hydrogen-bond donors (Lipinski definition) is 2. The van der Waals surface area contributed by atoms with E-state index in [0.29, 0.717) is 16.3 Å². The standard InChI is InChI=1S/C24H28F2N4O5/c1-14(2)17-7-5-6-8-18(17)24(12-29(13-24)20(32)11-30(34)16(4)31)22(33)28-19-10-9-15(3)27-21(19)35-23(25)26/h5-10,14,23,34H,11-13H2,1-4H3,(H,28,33). The molecule has 1 saturated heterocycles. The Hall–Kier alpha value is -3.60. The molecule has 2 N–H and O–H groups in total. The average Bonchev–Trinajstić information content (AvgIpc) is 2.74. The summed E-state index contributed by atoms with van der Waals surface area (Å²) >= 11 is 0. The number of hydrogen-bond acceptors (Lipinski definition) is 6. The van der Waals surface area contributed by atoms with E-state index in [0.717, 1.165) is 12.5 Å². The van der Waals surface area contributed by atoms with Crippen LogP contribution in [-0.2, 0) is 19.8 Å². The van der Waals surface area contributed by atoms with Gasteiger partial charge in [0.15, 0.2) is 0 Å². The number of alkyl halides is 2. The number of amides is 3. The SMILES string of the molecule is CC(=O)N(O)CC(=O)N1CC(C(=O)Nc2ccc(C)nc2OC(F)F)(c2ccccc2C(C)C)C1. The Morgan fingerprint density at radius 3 is 2.46 bits per heavy atom. The van der Waals surface area contributed by atoms with Crippen molar-refractivity contribution in [3.05, 3.63) is 53.2 Å². The van der Waals surface area contributed by atoms with Crippen LogP contribution in [0.15, 0.2) is 36.4 Å². The highest BCUT2D eigenvalue weighted by Crippen LogP contribution is 2.40. The van der Waals surface area contributed by atoms with Crippen molar-refractivity contribution in [2.75, 3.05) is 25.0 Å². The first-order valence-electron chi connectivity index (χ1n) is 11.0. The van der Waals surface area contributed by atoms with Gasteiger partial charge in [0.25, 0.3) is 0 Å². The van der Waals surface area contributed by atoms with Crippen LogP contribution in [0.25, 0.3) is 0 Å². The summed E-state index contributed by atoms with van der Waals surface area (Å²) in [6.45, 7) is 2.93. The van der Waals surface area contributed by atoms with Gasteiger partial charge in [0.05, 0.1) is 0 Å². The van der Waals surface area contributed by atoms with Gasteiger partial charge >= 0.3 is 6.61 Å². The second kappa shape index (κ2) is 10.3. The fraction of sp³-hybridized carbons (Fsp3) is 0.417. The van der Waals surface area contributed by atoms with Crippen molar-refractivity contribution in [3.8, 4) is 5.88 Å². The van der Waals surface area contributed by atoms with Crippen LogP contribution in [0.1, 0.15) is 43.5 Å². The Balaban J connectivity index is 1.95. The molecule has 188 valence electrons. The Morgan fingerprint density at radius 1 is 1.20 bits per heavy atom. The zero-order chi connectivity index (χ0) is 25.9. The Labute approximate surface area is 201 Å². The summed E-state index contributed by atoms with van der Waals surface area (Å²) < 4.78 is 30.3. The molecule has 1 aromatic carbocycles. The molecule has 0 radical (unpaired) electrons. The first-order chi connectivity index (χ1) is 16.4. The zero-order valence-corrected chi connectivity index (χ0v) is 19.9. The van der Waals surface area contributed by atoms with E-state index < -0.39 is 42.2 Å². The van der Waals surface area contributed by atoms with Crippen LogP contribution in [0.5, 0.6) is 5.88 Å². The molecule has 9 nitrogen and oxygen atoms in total. The van der Waals surface area contributed by atoms with Crippen molar-refractivity contribution in [1.82, 2.24) is 14.9 Å². The maximum Gasteiger partial charge on any atom is 0.388 e. The molecular weight excluding hydrogens is 462 g/mol. The molecular formula is C24H28F2N4O5. The molecule has 0 aliphatic carbocycles. The maximum atomic E-state index is 13.7. The van der Waals surface area contributed by atoms with Crippen molar-refractivity contribution >= 4 is 23.4 Å². The van der Waals surface area contributed by atoms with E-state index >= 15 is 0 Å². The molecule has 0 atom stereocenters. The summed E-state index contributed by atoms with van der Waals surface area (Å²) in [7, 11) is 0. The van der Waals surface area contributed by atoms with Crippen molar-refractivity contribution < 1.29 is 33.1 Å². The van der Waals surface area contributed by atoms with E-state index in [9.17, 15) is 28.4 Å². The number of anilines is 1. The Kier molecular flexibility index (Phi) is 7.69. The number of pyridine rings is 1. The third kappa shape index (κ3) is 5.56. The second-order valence-corrected chi connectivity index (χ2v) is 8.79. The minimum atomic E-state index is -3.13. The minimum absolute atomic E-state index is 0.0230. The van der Waals surface area contributed by atoms with Gasteiger partial charge in [0.2, 0.25) is 23.6 Å². The number of carbonyl (C=O) groups excluding carboxylic acids is 3. The van der Waals surface area contributed by atoms with Crippen molar-refractivity contribution in [2.45, 2.75) is 45.6 Å². The number of ether oxygens (including phenoxy) is 1. The van der Waals surface area contributed by atoms with Crippen molar-refractivity contribution in [2.24, 2.45) is 0 Å². The lowest BCUT2D eigenvalue weighted by Gasteiger charge is -2.50. The number of benzene rings is 1. The number of halogens is 2. The average molecular weight is 491 g/mol. The molecule has 2 aromatic rings.